The minimum atomic E-state index is -0.757. The third-order valence-electron chi connectivity index (χ3n) is 4.53. The Morgan fingerprint density at radius 1 is 1.33 bits per heavy atom. The SMILES string of the molecule is CC(C)(C)OC(=O)N1CCc2c(C3CC(C(=O)O)CN3)cccc21. The first-order valence-electron chi connectivity index (χ1n) is 8.35. The second-order valence-corrected chi connectivity index (χ2v) is 7.46. The minimum Gasteiger partial charge on any atom is -0.481 e. The van der Waals surface area contributed by atoms with Crippen molar-refractivity contribution in [3.63, 3.8) is 0 Å². The molecule has 3 rings (SSSR count). The third kappa shape index (κ3) is 3.24. The van der Waals surface area contributed by atoms with Crippen LogP contribution in [0.4, 0.5) is 10.5 Å². The summed E-state index contributed by atoms with van der Waals surface area (Å²) in [4.78, 5) is 25.3. The van der Waals surface area contributed by atoms with Gasteiger partial charge in [0, 0.05) is 19.1 Å². The molecule has 2 aliphatic rings. The third-order valence-corrected chi connectivity index (χ3v) is 4.53. The van der Waals surface area contributed by atoms with Crippen molar-refractivity contribution in [1.29, 1.82) is 0 Å². The predicted molar refractivity (Wildman–Crippen MR) is 90.2 cm³/mol. The highest BCUT2D eigenvalue weighted by molar-refractivity contribution is 5.91. The monoisotopic (exact) mass is 332 g/mol. The number of rotatable bonds is 2. The highest BCUT2D eigenvalue weighted by Gasteiger charge is 2.35. The van der Waals surface area contributed by atoms with E-state index < -0.39 is 11.6 Å². The summed E-state index contributed by atoms with van der Waals surface area (Å²) in [6, 6.07) is 5.91. The summed E-state index contributed by atoms with van der Waals surface area (Å²) in [5, 5.41) is 12.5. The molecule has 0 spiro atoms. The summed E-state index contributed by atoms with van der Waals surface area (Å²) < 4.78 is 5.49. The van der Waals surface area contributed by atoms with Gasteiger partial charge in [0.05, 0.1) is 11.6 Å². The molecule has 0 bridgehead atoms. The Morgan fingerprint density at radius 3 is 2.71 bits per heavy atom. The molecule has 130 valence electrons. The number of anilines is 1. The number of nitrogens with one attached hydrogen (secondary N) is 1. The van der Waals surface area contributed by atoms with Crippen molar-refractivity contribution in [3.05, 3.63) is 29.3 Å². The standard InChI is InChI=1S/C18H24N2O4/c1-18(2,3)24-17(23)20-8-7-13-12(5-4-6-15(13)20)14-9-11(10-19-14)16(21)22/h4-6,11,14,19H,7-10H2,1-3H3,(H,21,22). The van der Waals surface area contributed by atoms with E-state index in [1.54, 1.807) is 4.90 Å². The van der Waals surface area contributed by atoms with Crippen LogP contribution in [0.3, 0.4) is 0 Å². The molecule has 1 saturated heterocycles. The quantitative estimate of drug-likeness (QED) is 0.870. The van der Waals surface area contributed by atoms with Gasteiger partial charge < -0.3 is 15.2 Å². The summed E-state index contributed by atoms with van der Waals surface area (Å²) in [5.41, 5.74) is 2.57. The van der Waals surface area contributed by atoms with Crippen LogP contribution >= 0.6 is 0 Å². The maximum absolute atomic E-state index is 12.4. The fourth-order valence-corrected chi connectivity index (χ4v) is 3.46. The molecule has 1 fully saturated rings. The normalized spacial score (nSPS) is 23.2. The molecule has 0 aromatic heterocycles. The molecule has 2 atom stereocenters. The summed E-state index contributed by atoms with van der Waals surface area (Å²) in [6.07, 6.45) is 1.01. The van der Waals surface area contributed by atoms with Gasteiger partial charge in [0.1, 0.15) is 5.60 Å². The molecular formula is C18H24N2O4. The molecule has 24 heavy (non-hydrogen) atoms. The Balaban J connectivity index is 1.82. The van der Waals surface area contributed by atoms with E-state index in [9.17, 15) is 14.7 Å². The van der Waals surface area contributed by atoms with E-state index in [0.717, 1.165) is 23.2 Å². The van der Waals surface area contributed by atoms with Crippen LogP contribution in [0.5, 0.6) is 0 Å². The number of aliphatic carboxylic acids is 1. The van der Waals surface area contributed by atoms with Gasteiger partial charge in [-0.1, -0.05) is 12.1 Å². The average molecular weight is 332 g/mol. The van der Waals surface area contributed by atoms with Crippen molar-refractivity contribution in [2.24, 2.45) is 5.92 Å². The smallest absolute Gasteiger partial charge is 0.414 e. The van der Waals surface area contributed by atoms with Gasteiger partial charge in [-0.2, -0.15) is 0 Å². The number of amides is 1. The molecule has 1 amide bonds. The number of hydrogen-bond acceptors (Lipinski definition) is 4. The molecular weight excluding hydrogens is 308 g/mol. The molecule has 2 heterocycles. The summed E-state index contributed by atoms with van der Waals surface area (Å²) in [5.74, 6) is -1.11. The lowest BCUT2D eigenvalue weighted by Crippen LogP contribution is -2.35. The first-order valence-corrected chi connectivity index (χ1v) is 8.35. The van der Waals surface area contributed by atoms with Crippen LogP contribution in [0.15, 0.2) is 18.2 Å². The Labute approximate surface area is 141 Å². The molecule has 2 aliphatic heterocycles. The van der Waals surface area contributed by atoms with Crippen LogP contribution in [-0.4, -0.2) is 35.9 Å². The molecule has 1 aromatic carbocycles. The maximum Gasteiger partial charge on any atom is 0.414 e. The second kappa shape index (κ2) is 6.09. The number of nitrogens with zero attached hydrogens (tertiary/aromatic N) is 1. The first-order chi connectivity index (χ1) is 11.3. The number of carbonyl (C=O) groups is 2. The lowest BCUT2D eigenvalue weighted by atomic mass is 9.95. The zero-order valence-electron chi connectivity index (χ0n) is 14.3. The van der Waals surface area contributed by atoms with E-state index in [1.165, 1.54) is 0 Å². The van der Waals surface area contributed by atoms with Crippen LogP contribution < -0.4 is 10.2 Å². The predicted octanol–water partition coefficient (Wildman–Crippen LogP) is 2.72. The average Bonchev–Trinajstić information content (AvgIpc) is 3.12. The number of hydrogen-bond donors (Lipinski definition) is 2. The maximum atomic E-state index is 12.4. The molecule has 2 N–H and O–H groups in total. The lowest BCUT2D eigenvalue weighted by Gasteiger charge is -2.25. The highest BCUT2D eigenvalue weighted by Crippen LogP contribution is 2.37. The summed E-state index contributed by atoms with van der Waals surface area (Å²) in [6.45, 7) is 6.64. The van der Waals surface area contributed by atoms with Gasteiger partial charge in [-0.05, 0) is 50.8 Å². The Kier molecular flexibility index (Phi) is 4.25. The zero-order chi connectivity index (χ0) is 17.5. The fourth-order valence-electron chi connectivity index (χ4n) is 3.46. The molecule has 6 heteroatoms. The van der Waals surface area contributed by atoms with Gasteiger partial charge >= 0.3 is 12.1 Å². The minimum absolute atomic E-state index is 0.0274. The van der Waals surface area contributed by atoms with Crippen LogP contribution in [0.2, 0.25) is 0 Å². The van der Waals surface area contributed by atoms with Crippen LogP contribution in [0.25, 0.3) is 0 Å². The topological polar surface area (TPSA) is 78.9 Å². The number of carboxylic acid groups (broad SMARTS) is 1. The largest absolute Gasteiger partial charge is 0.481 e. The molecule has 0 aliphatic carbocycles. The number of carboxylic acids is 1. The molecule has 6 nitrogen and oxygen atoms in total. The van der Waals surface area contributed by atoms with E-state index in [0.29, 0.717) is 19.5 Å². The van der Waals surface area contributed by atoms with E-state index in [2.05, 4.69) is 5.32 Å². The van der Waals surface area contributed by atoms with E-state index in [1.807, 2.05) is 39.0 Å². The fraction of sp³-hybridized carbons (Fsp3) is 0.556. The van der Waals surface area contributed by atoms with E-state index in [4.69, 9.17) is 4.74 Å². The van der Waals surface area contributed by atoms with Gasteiger partial charge in [0.2, 0.25) is 0 Å². The second-order valence-electron chi connectivity index (χ2n) is 7.46. The number of benzene rings is 1. The summed E-state index contributed by atoms with van der Waals surface area (Å²) >= 11 is 0. The lowest BCUT2D eigenvalue weighted by molar-refractivity contribution is -0.141. The zero-order valence-corrected chi connectivity index (χ0v) is 14.3. The van der Waals surface area contributed by atoms with Crippen molar-refractivity contribution in [3.8, 4) is 0 Å². The molecule has 2 unspecified atom stereocenters. The first kappa shape index (κ1) is 16.8. The van der Waals surface area contributed by atoms with Crippen LogP contribution in [0.1, 0.15) is 44.4 Å². The Bertz CT molecular complexity index is 665. The van der Waals surface area contributed by atoms with Gasteiger partial charge in [0.25, 0.3) is 0 Å². The van der Waals surface area contributed by atoms with Gasteiger partial charge in [-0.3, -0.25) is 9.69 Å². The molecule has 0 saturated carbocycles. The van der Waals surface area contributed by atoms with Crippen molar-refractivity contribution in [2.75, 3.05) is 18.0 Å². The van der Waals surface area contributed by atoms with Gasteiger partial charge in [-0.25, -0.2) is 4.79 Å². The Morgan fingerprint density at radius 2 is 2.08 bits per heavy atom. The van der Waals surface area contributed by atoms with Crippen molar-refractivity contribution < 1.29 is 19.4 Å². The van der Waals surface area contributed by atoms with Crippen LogP contribution in [-0.2, 0) is 16.0 Å². The number of ether oxygens (including phenoxy) is 1. The van der Waals surface area contributed by atoms with Crippen molar-refractivity contribution in [1.82, 2.24) is 5.32 Å². The van der Waals surface area contributed by atoms with Gasteiger partial charge in [0.15, 0.2) is 0 Å². The van der Waals surface area contributed by atoms with Gasteiger partial charge in [-0.15, -0.1) is 0 Å². The number of fused-ring (bicyclic) bond motifs is 1. The molecule has 1 aromatic rings. The summed E-state index contributed by atoms with van der Waals surface area (Å²) in [7, 11) is 0. The van der Waals surface area contributed by atoms with E-state index in [-0.39, 0.29) is 18.1 Å². The highest BCUT2D eigenvalue weighted by atomic mass is 16.6. The Hall–Kier alpha value is -2.08. The molecule has 0 radical (unpaired) electrons. The number of carbonyl (C=O) groups excluding carboxylic acids is 1. The van der Waals surface area contributed by atoms with Crippen molar-refractivity contribution >= 4 is 17.7 Å². The van der Waals surface area contributed by atoms with E-state index >= 15 is 0 Å². The van der Waals surface area contributed by atoms with Crippen LogP contribution in [0, 0.1) is 5.92 Å². The van der Waals surface area contributed by atoms with Crippen molar-refractivity contribution in [2.45, 2.75) is 45.3 Å².